The molecule has 0 unspecified atom stereocenters. The van der Waals surface area contributed by atoms with E-state index in [9.17, 15) is 0 Å². The first-order valence-corrected chi connectivity index (χ1v) is 14.8. The molecule has 0 fully saturated rings. The molecule has 6 aromatic carbocycles. The first-order chi connectivity index (χ1) is 21.8. The molecule has 0 N–H and O–H groups in total. The van der Waals surface area contributed by atoms with Crippen LogP contribution in [0.5, 0.6) is 0 Å². The number of fused-ring (bicyclic) bond motifs is 3. The van der Waals surface area contributed by atoms with E-state index in [0.29, 0.717) is 0 Å². The zero-order valence-electron chi connectivity index (χ0n) is 23.9. The number of nitrogens with zero attached hydrogens (tertiary/aromatic N) is 3. The van der Waals surface area contributed by atoms with Crippen LogP contribution in [0.4, 0.5) is 0 Å². The lowest BCUT2D eigenvalue weighted by Gasteiger charge is -2.13. The lowest BCUT2D eigenvalue weighted by molar-refractivity contribution is 1.19. The van der Waals surface area contributed by atoms with Crippen molar-refractivity contribution in [1.82, 2.24) is 15.0 Å². The second kappa shape index (κ2) is 11.0. The fourth-order valence-corrected chi connectivity index (χ4v) is 5.93. The molecule has 0 bridgehead atoms. The lowest BCUT2D eigenvalue weighted by Crippen LogP contribution is -1.97. The second-order valence-electron chi connectivity index (χ2n) is 10.9. The number of hydrogen-bond acceptors (Lipinski definition) is 3. The number of benzene rings is 6. The molecule has 0 radical (unpaired) electrons. The molecule has 206 valence electrons. The Kier molecular flexibility index (Phi) is 6.47. The van der Waals surface area contributed by atoms with E-state index in [0.717, 1.165) is 56.0 Å². The van der Waals surface area contributed by atoms with E-state index in [4.69, 9.17) is 9.97 Å². The standard InChI is InChI=1S/C41H27N3/c1-2-9-31(10-3-1)39-26-40(32-22-20-29(21-23-32)28-16-18-30(19-17-28)34-12-8-24-42-27-34)44-41(43-39)38-25-33-11-4-5-13-35(33)36-14-6-7-15-37(36)38/h1-27H. The maximum absolute atomic E-state index is 5.19. The van der Waals surface area contributed by atoms with Gasteiger partial charge in [0.25, 0.3) is 0 Å². The lowest BCUT2D eigenvalue weighted by atomic mass is 9.96. The summed E-state index contributed by atoms with van der Waals surface area (Å²) in [7, 11) is 0. The molecule has 8 aromatic rings. The topological polar surface area (TPSA) is 38.7 Å². The van der Waals surface area contributed by atoms with Crippen LogP contribution in [0.3, 0.4) is 0 Å². The van der Waals surface area contributed by atoms with Crippen molar-refractivity contribution in [3.05, 3.63) is 164 Å². The fraction of sp³-hybridized carbons (Fsp3) is 0. The highest BCUT2D eigenvalue weighted by molar-refractivity contribution is 6.13. The summed E-state index contributed by atoms with van der Waals surface area (Å²) >= 11 is 0. The molecular weight excluding hydrogens is 534 g/mol. The van der Waals surface area contributed by atoms with Crippen molar-refractivity contribution in [2.75, 3.05) is 0 Å². The van der Waals surface area contributed by atoms with Crippen LogP contribution in [0, 0.1) is 0 Å². The van der Waals surface area contributed by atoms with Gasteiger partial charge in [-0.2, -0.15) is 0 Å². The van der Waals surface area contributed by atoms with Crippen LogP contribution in [0.25, 0.3) is 77.7 Å². The SMILES string of the molecule is c1ccc(-c2cc(-c3ccc(-c4ccc(-c5cccnc5)cc4)cc3)nc(-c3cc4ccccc4c4ccccc34)n2)cc1. The maximum atomic E-state index is 5.19. The molecule has 0 aliphatic rings. The van der Waals surface area contributed by atoms with Gasteiger partial charge in [0.1, 0.15) is 0 Å². The van der Waals surface area contributed by atoms with Gasteiger partial charge in [-0.3, -0.25) is 4.98 Å². The van der Waals surface area contributed by atoms with Gasteiger partial charge in [-0.1, -0.05) is 133 Å². The van der Waals surface area contributed by atoms with E-state index >= 15 is 0 Å². The molecule has 3 nitrogen and oxygen atoms in total. The maximum Gasteiger partial charge on any atom is 0.161 e. The highest BCUT2D eigenvalue weighted by atomic mass is 14.9. The predicted molar refractivity (Wildman–Crippen MR) is 182 cm³/mol. The van der Waals surface area contributed by atoms with Crippen LogP contribution >= 0.6 is 0 Å². The highest BCUT2D eigenvalue weighted by Crippen LogP contribution is 2.36. The van der Waals surface area contributed by atoms with Gasteiger partial charge in [0.05, 0.1) is 11.4 Å². The quantitative estimate of drug-likeness (QED) is 0.196. The van der Waals surface area contributed by atoms with Crippen LogP contribution < -0.4 is 0 Å². The van der Waals surface area contributed by atoms with Gasteiger partial charge in [0.2, 0.25) is 0 Å². The summed E-state index contributed by atoms with van der Waals surface area (Å²) in [5, 5.41) is 4.76. The Morgan fingerprint density at radius 3 is 1.55 bits per heavy atom. The average molecular weight is 562 g/mol. The minimum atomic E-state index is 0.721. The molecule has 44 heavy (non-hydrogen) atoms. The summed E-state index contributed by atoms with van der Waals surface area (Å²) in [4.78, 5) is 14.6. The molecule has 3 heteroatoms. The summed E-state index contributed by atoms with van der Waals surface area (Å²) in [5.74, 6) is 0.721. The monoisotopic (exact) mass is 561 g/mol. The minimum absolute atomic E-state index is 0.721. The first kappa shape index (κ1) is 25.8. The van der Waals surface area contributed by atoms with E-state index in [1.165, 1.54) is 21.7 Å². The van der Waals surface area contributed by atoms with Crippen molar-refractivity contribution < 1.29 is 0 Å². The van der Waals surface area contributed by atoms with Crippen molar-refractivity contribution in [3.8, 4) is 56.2 Å². The van der Waals surface area contributed by atoms with Crippen LogP contribution in [-0.4, -0.2) is 15.0 Å². The van der Waals surface area contributed by atoms with Gasteiger partial charge in [-0.15, -0.1) is 0 Å². The third kappa shape index (κ3) is 4.81. The molecule has 0 aliphatic heterocycles. The molecule has 0 amide bonds. The zero-order valence-corrected chi connectivity index (χ0v) is 23.9. The van der Waals surface area contributed by atoms with E-state index in [-0.39, 0.29) is 0 Å². The smallest absolute Gasteiger partial charge is 0.161 e. The Bertz CT molecular complexity index is 2240. The zero-order chi connectivity index (χ0) is 29.3. The van der Waals surface area contributed by atoms with E-state index in [2.05, 4.69) is 145 Å². The Morgan fingerprint density at radius 2 is 0.886 bits per heavy atom. The van der Waals surface area contributed by atoms with E-state index in [1.54, 1.807) is 6.20 Å². The van der Waals surface area contributed by atoms with Gasteiger partial charge >= 0.3 is 0 Å². The van der Waals surface area contributed by atoms with Gasteiger partial charge in [-0.05, 0) is 62.0 Å². The van der Waals surface area contributed by atoms with Crippen molar-refractivity contribution >= 4 is 21.5 Å². The number of pyridine rings is 1. The van der Waals surface area contributed by atoms with E-state index < -0.39 is 0 Å². The van der Waals surface area contributed by atoms with E-state index in [1.807, 2.05) is 18.3 Å². The molecule has 2 heterocycles. The summed E-state index contributed by atoms with van der Waals surface area (Å²) in [5.41, 5.74) is 9.53. The summed E-state index contributed by atoms with van der Waals surface area (Å²) in [6.07, 6.45) is 3.69. The first-order valence-electron chi connectivity index (χ1n) is 14.8. The molecular formula is C41H27N3. The third-order valence-corrected chi connectivity index (χ3v) is 8.20. The number of aromatic nitrogens is 3. The highest BCUT2D eigenvalue weighted by Gasteiger charge is 2.15. The Hall–Kier alpha value is -5.93. The summed E-state index contributed by atoms with van der Waals surface area (Å²) in [6.45, 7) is 0. The molecule has 0 atom stereocenters. The normalized spacial score (nSPS) is 11.2. The van der Waals surface area contributed by atoms with Gasteiger partial charge in [-0.25, -0.2) is 9.97 Å². The predicted octanol–water partition coefficient (Wildman–Crippen LogP) is 10.5. The van der Waals surface area contributed by atoms with Crippen LogP contribution in [0.2, 0.25) is 0 Å². The second-order valence-corrected chi connectivity index (χ2v) is 10.9. The molecule has 0 aliphatic carbocycles. The summed E-state index contributed by atoms with van der Waals surface area (Å²) < 4.78 is 0. The fourth-order valence-electron chi connectivity index (χ4n) is 5.93. The molecule has 0 saturated heterocycles. The third-order valence-electron chi connectivity index (χ3n) is 8.20. The van der Waals surface area contributed by atoms with Gasteiger partial charge in [0, 0.05) is 29.1 Å². The van der Waals surface area contributed by atoms with Crippen LogP contribution in [0.1, 0.15) is 0 Å². The van der Waals surface area contributed by atoms with Gasteiger partial charge in [0.15, 0.2) is 5.82 Å². The molecule has 2 aromatic heterocycles. The van der Waals surface area contributed by atoms with Gasteiger partial charge < -0.3 is 0 Å². The minimum Gasteiger partial charge on any atom is -0.264 e. The summed E-state index contributed by atoms with van der Waals surface area (Å²) in [6, 6.07) is 53.1. The van der Waals surface area contributed by atoms with Crippen LogP contribution in [0.15, 0.2) is 164 Å². The average Bonchev–Trinajstić information content (AvgIpc) is 3.12. The Labute approximate surface area is 256 Å². The number of hydrogen-bond donors (Lipinski definition) is 0. The Morgan fingerprint density at radius 1 is 0.364 bits per heavy atom. The van der Waals surface area contributed by atoms with Crippen molar-refractivity contribution in [1.29, 1.82) is 0 Å². The molecule has 8 rings (SSSR count). The van der Waals surface area contributed by atoms with Crippen molar-refractivity contribution in [2.45, 2.75) is 0 Å². The number of rotatable bonds is 5. The Balaban J connectivity index is 1.23. The largest absolute Gasteiger partial charge is 0.264 e. The molecule has 0 spiro atoms. The molecule has 0 saturated carbocycles. The van der Waals surface area contributed by atoms with Crippen molar-refractivity contribution in [3.63, 3.8) is 0 Å². The van der Waals surface area contributed by atoms with Crippen LogP contribution in [-0.2, 0) is 0 Å². The van der Waals surface area contributed by atoms with Crippen molar-refractivity contribution in [2.24, 2.45) is 0 Å².